The maximum atomic E-state index is 11.0. The quantitative estimate of drug-likeness (QED) is 0.531. The van der Waals surface area contributed by atoms with Crippen molar-refractivity contribution in [3.05, 3.63) is 23.8 Å². The Morgan fingerprint density at radius 1 is 1.19 bits per heavy atom. The summed E-state index contributed by atoms with van der Waals surface area (Å²) in [7, 11) is 1.39. The minimum atomic E-state index is -0.218. The third-order valence-corrected chi connectivity index (χ3v) is 2.90. The van der Waals surface area contributed by atoms with Crippen molar-refractivity contribution >= 4 is 5.97 Å². The molecule has 0 spiro atoms. The summed E-state index contributed by atoms with van der Waals surface area (Å²) in [5.41, 5.74) is 1.15. The summed E-state index contributed by atoms with van der Waals surface area (Å²) < 4.78 is 15.9. The molecule has 0 unspecified atom stereocenters. The molecule has 5 nitrogen and oxygen atoms in total. The zero-order valence-electron chi connectivity index (χ0n) is 13.1. The van der Waals surface area contributed by atoms with Gasteiger partial charge in [0.15, 0.2) is 11.5 Å². The summed E-state index contributed by atoms with van der Waals surface area (Å²) in [6.07, 6.45) is 0.982. The van der Waals surface area contributed by atoms with E-state index in [1.54, 1.807) is 0 Å². The number of methoxy groups -OCH3 is 1. The van der Waals surface area contributed by atoms with Crippen molar-refractivity contribution in [3.63, 3.8) is 0 Å². The third-order valence-electron chi connectivity index (χ3n) is 2.90. The van der Waals surface area contributed by atoms with Crippen LogP contribution in [0.5, 0.6) is 11.5 Å². The molecule has 0 atom stereocenters. The Bertz CT molecular complexity index is 434. The molecule has 0 aromatic heterocycles. The highest BCUT2D eigenvalue weighted by atomic mass is 16.5. The van der Waals surface area contributed by atoms with E-state index in [1.165, 1.54) is 7.11 Å². The van der Waals surface area contributed by atoms with Crippen LogP contribution in [0.15, 0.2) is 18.2 Å². The maximum absolute atomic E-state index is 11.0. The van der Waals surface area contributed by atoms with Gasteiger partial charge in [0.25, 0.3) is 0 Å². The lowest BCUT2D eigenvalue weighted by Crippen LogP contribution is -2.12. The van der Waals surface area contributed by atoms with Crippen LogP contribution in [-0.2, 0) is 16.1 Å². The van der Waals surface area contributed by atoms with Gasteiger partial charge in [-0.15, -0.1) is 0 Å². The standard InChI is InChI=1S/C16H25NO4/c1-4-17-12-13-8-9-14(15(11-13)20-5-2)21-10-6-7-16(18)19-3/h8-9,11,17H,4-7,10,12H2,1-3H3. The van der Waals surface area contributed by atoms with E-state index in [1.807, 2.05) is 25.1 Å². The Morgan fingerprint density at radius 3 is 2.67 bits per heavy atom. The molecule has 1 N–H and O–H groups in total. The Kier molecular flexibility index (Phi) is 8.28. The molecule has 0 bridgehead atoms. The second kappa shape index (κ2) is 10.0. The van der Waals surface area contributed by atoms with Crippen molar-refractivity contribution in [1.29, 1.82) is 0 Å². The topological polar surface area (TPSA) is 56.8 Å². The average Bonchev–Trinajstić information content (AvgIpc) is 2.51. The minimum Gasteiger partial charge on any atom is -0.490 e. The monoisotopic (exact) mass is 295 g/mol. The van der Waals surface area contributed by atoms with Gasteiger partial charge in [0.2, 0.25) is 0 Å². The molecular weight excluding hydrogens is 270 g/mol. The van der Waals surface area contributed by atoms with E-state index in [4.69, 9.17) is 9.47 Å². The van der Waals surface area contributed by atoms with Gasteiger partial charge in [-0.1, -0.05) is 13.0 Å². The van der Waals surface area contributed by atoms with E-state index in [9.17, 15) is 4.79 Å². The first-order valence-corrected chi connectivity index (χ1v) is 7.37. The molecule has 118 valence electrons. The fourth-order valence-corrected chi connectivity index (χ4v) is 1.82. The summed E-state index contributed by atoms with van der Waals surface area (Å²) in [5.74, 6) is 1.23. The molecule has 0 amide bonds. The normalized spacial score (nSPS) is 10.2. The second-order valence-electron chi connectivity index (χ2n) is 4.52. The highest BCUT2D eigenvalue weighted by Gasteiger charge is 2.07. The van der Waals surface area contributed by atoms with Crippen LogP contribution in [0.2, 0.25) is 0 Å². The molecule has 21 heavy (non-hydrogen) atoms. The molecule has 0 aliphatic rings. The van der Waals surface area contributed by atoms with Crippen LogP contribution in [-0.4, -0.2) is 32.8 Å². The SMILES string of the molecule is CCNCc1ccc(OCCCC(=O)OC)c(OCC)c1. The summed E-state index contributed by atoms with van der Waals surface area (Å²) in [6, 6.07) is 5.92. The summed E-state index contributed by atoms with van der Waals surface area (Å²) in [6.45, 7) is 6.79. The first-order valence-electron chi connectivity index (χ1n) is 7.37. The summed E-state index contributed by atoms with van der Waals surface area (Å²) in [5, 5.41) is 3.28. The van der Waals surface area contributed by atoms with Crippen molar-refractivity contribution in [2.45, 2.75) is 33.2 Å². The first kappa shape index (κ1) is 17.3. The summed E-state index contributed by atoms with van der Waals surface area (Å²) >= 11 is 0. The van der Waals surface area contributed by atoms with E-state index in [2.05, 4.69) is 17.0 Å². The van der Waals surface area contributed by atoms with Crippen LogP contribution in [0.4, 0.5) is 0 Å². The summed E-state index contributed by atoms with van der Waals surface area (Å²) in [4.78, 5) is 11.0. The molecule has 0 heterocycles. The highest BCUT2D eigenvalue weighted by molar-refractivity contribution is 5.69. The van der Waals surface area contributed by atoms with E-state index in [-0.39, 0.29) is 5.97 Å². The Hall–Kier alpha value is -1.75. The second-order valence-corrected chi connectivity index (χ2v) is 4.52. The van der Waals surface area contributed by atoms with Crippen molar-refractivity contribution in [2.75, 3.05) is 26.9 Å². The Morgan fingerprint density at radius 2 is 2.00 bits per heavy atom. The number of hydrogen-bond donors (Lipinski definition) is 1. The fraction of sp³-hybridized carbons (Fsp3) is 0.562. The van der Waals surface area contributed by atoms with Crippen molar-refractivity contribution < 1.29 is 19.0 Å². The van der Waals surface area contributed by atoms with Gasteiger partial charge in [-0.05, 0) is 37.6 Å². The van der Waals surface area contributed by atoms with E-state index < -0.39 is 0 Å². The van der Waals surface area contributed by atoms with Crippen molar-refractivity contribution in [1.82, 2.24) is 5.32 Å². The van der Waals surface area contributed by atoms with Crippen LogP contribution >= 0.6 is 0 Å². The van der Waals surface area contributed by atoms with Crippen LogP contribution in [0.25, 0.3) is 0 Å². The van der Waals surface area contributed by atoms with Gasteiger partial charge in [-0.3, -0.25) is 4.79 Å². The van der Waals surface area contributed by atoms with Gasteiger partial charge < -0.3 is 19.5 Å². The predicted molar refractivity (Wildman–Crippen MR) is 81.7 cm³/mol. The molecule has 0 radical (unpaired) electrons. The molecule has 1 rings (SSSR count). The number of rotatable bonds is 10. The number of benzene rings is 1. The zero-order valence-corrected chi connectivity index (χ0v) is 13.1. The maximum Gasteiger partial charge on any atom is 0.305 e. The smallest absolute Gasteiger partial charge is 0.305 e. The number of carbonyl (C=O) groups excluding carboxylic acids is 1. The predicted octanol–water partition coefficient (Wildman–Crippen LogP) is 2.53. The number of hydrogen-bond acceptors (Lipinski definition) is 5. The molecule has 0 aliphatic carbocycles. The van der Waals surface area contributed by atoms with Gasteiger partial charge in [0.05, 0.1) is 20.3 Å². The van der Waals surface area contributed by atoms with Crippen LogP contribution < -0.4 is 14.8 Å². The Labute approximate surface area is 126 Å². The van der Waals surface area contributed by atoms with Crippen molar-refractivity contribution in [2.24, 2.45) is 0 Å². The number of ether oxygens (including phenoxy) is 3. The van der Waals surface area contributed by atoms with Crippen molar-refractivity contribution in [3.8, 4) is 11.5 Å². The van der Waals surface area contributed by atoms with Gasteiger partial charge in [-0.2, -0.15) is 0 Å². The average molecular weight is 295 g/mol. The lowest BCUT2D eigenvalue weighted by Gasteiger charge is -2.13. The van der Waals surface area contributed by atoms with Gasteiger partial charge in [-0.25, -0.2) is 0 Å². The molecule has 0 saturated heterocycles. The van der Waals surface area contributed by atoms with Gasteiger partial charge >= 0.3 is 5.97 Å². The molecule has 5 heteroatoms. The molecular formula is C16H25NO4. The number of nitrogens with one attached hydrogen (secondary N) is 1. The zero-order chi connectivity index (χ0) is 15.5. The molecule has 1 aromatic carbocycles. The molecule has 0 fully saturated rings. The molecule has 0 saturated carbocycles. The number of esters is 1. The van der Waals surface area contributed by atoms with Crippen LogP contribution in [0.3, 0.4) is 0 Å². The van der Waals surface area contributed by atoms with E-state index in [0.29, 0.717) is 31.8 Å². The van der Waals surface area contributed by atoms with Crippen LogP contribution in [0.1, 0.15) is 32.3 Å². The lowest BCUT2D eigenvalue weighted by molar-refractivity contribution is -0.140. The Balaban J connectivity index is 2.56. The van der Waals surface area contributed by atoms with Gasteiger partial charge in [0, 0.05) is 13.0 Å². The van der Waals surface area contributed by atoms with Gasteiger partial charge in [0.1, 0.15) is 0 Å². The third kappa shape index (κ3) is 6.49. The largest absolute Gasteiger partial charge is 0.490 e. The molecule has 1 aromatic rings. The fourth-order valence-electron chi connectivity index (χ4n) is 1.82. The highest BCUT2D eigenvalue weighted by Crippen LogP contribution is 2.28. The van der Waals surface area contributed by atoms with Crippen LogP contribution in [0, 0.1) is 0 Å². The molecule has 0 aliphatic heterocycles. The first-order chi connectivity index (χ1) is 10.2. The van der Waals surface area contributed by atoms with E-state index >= 15 is 0 Å². The van der Waals surface area contributed by atoms with E-state index in [0.717, 1.165) is 24.4 Å². The lowest BCUT2D eigenvalue weighted by atomic mass is 10.2. The number of carbonyl (C=O) groups is 1. The minimum absolute atomic E-state index is 0.218.